The van der Waals surface area contributed by atoms with Crippen molar-refractivity contribution in [3.63, 3.8) is 0 Å². The van der Waals surface area contributed by atoms with E-state index in [0.717, 1.165) is 16.5 Å². The van der Waals surface area contributed by atoms with Gasteiger partial charge in [-0.25, -0.2) is 0 Å². The molecule has 0 aromatic heterocycles. The number of carbonyl (C=O) groups excluding carboxylic acids is 1. The molecule has 0 radical (unpaired) electrons. The summed E-state index contributed by atoms with van der Waals surface area (Å²) in [5, 5.41) is 1.67. The second kappa shape index (κ2) is 7.35. The molecule has 0 atom stereocenters. The van der Waals surface area contributed by atoms with Gasteiger partial charge in [-0.05, 0) is 47.2 Å². The summed E-state index contributed by atoms with van der Waals surface area (Å²) in [6.45, 7) is 0. The molecule has 0 aliphatic rings. The molecule has 5 heteroatoms. The first-order valence-corrected chi connectivity index (χ1v) is 8.04. The number of carbonyl (C=O) groups is 1. The molecule has 3 aromatic carbocycles. The van der Waals surface area contributed by atoms with Crippen LogP contribution < -0.4 is 18.9 Å². The number of hydrogen-bond donors (Lipinski definition) is 0. The number of ether oxygens (including phenoxy) is 4. The number of methoxy groups -OCH3 is 4. The van der Waals surface area contributed by atoms with E-state index in [-0.39, 0.29) is 5.78 Å². The third kappa shape index (κ3) is 3.04. The third-order valence-corrected chi connectivity index (χ3v) is 4.29. The topological polar surface area (TPSA) is 54.0 Å². The van der Waals surface area contributed by atoms with Crippen LogP contribution in [0.2, 0.25) is 0 Å². The highest BCUT2D eigenvalue weighted by Gasteiger charge is 2.22. The minimum atomic E-state index is -0.183. The van der Waals surface area contributed by atoms with Crippen molar-refractivity contribution < 1.29 is 23.7 Å². The fourth-order valence-corrected chi connectivity index (χ4v) is 2.94. The van der Waals surface area contributed by atoms with Gasteiger partial charge in [-0.3, -0.25) is 4.79 Å². The Balaban J connectivity index is 2.22. The van der Waals surface area contributed by atoms with E-state index in [1.54, 1.807) is 45.6 Å². The minimum absolute atomic E-state index is 0.183. The molecule has 3 rings (SSSR count). The minimum Gasteiger partial charge on any atom is -0.497 e. The Morgan fingerprint density at radius 3 is 2.00 bits per heavy atom. The standard InChI is InChI=1S/C21H20O5/c1-23-14-6-8-16-13(11-14)5-10-18(25-3)20(16)21(22)17-9-7-15(24-2)12-19(17)26-4/h5-12H,1-4H3. The van der Waals surface area contributed by atoms with Crippen molar-refractivity contribution in [1.82, 2.24) is 0 Å². The summed E-state index contributed by atoms with van der Waals surface area (Å²) in [7, 11) is 6.25. The summed E-state index contributed by atoms with van der Waals surface area (Å²) >= 11 is 0. The zero-order chi connectivity index (χ0) is 18.7. The lowest BCUT2D eigenvalue weighted by molar-refractivity contribution is 0.103. The zero-order valence-electron chi connectivity index (χ0n) is 15.2. The van der Waals surface area contributed by atoms with Crippen molar-refractivity contribution in [2.45, 2.75) is 0 Å². The molecule has 0 aliphatic carbocycles. The highest BCUT2D eigenvalue weighted by Crippen LogP contribution is 2.35. The Kier molecular flexibility index (Phi) is 4.98. The molecule has 26 heavy (non-hydrogen) atoms. The lowest BCUT2D eigenvalue weighted by Crippen LogP contribution is -2.07. The Morgan fingerprint density at radius 2 is 1.35 bits per heavy atom. The molecular formula is C21H20O5. The quantitative estimate of drug-likeness (QED) is 0.625. The van der Waals surface area contributed by atoms with Gasteiger partial charge >= 0.3 is 0 Å². The normalized spacial score (nSPS) is 10.5. The van der Waals surface area contributed by atoms with Gasteiger partial charge in [0.1, 0.15) is 23.0 Å². The average Bonchev–Trinajstić information content (AvgIpc) is 2.71. The molecular weight excluding hydrogens is 332 g/mol. The van der Waals surface area contributed by atoms with Gasteiger partial charge in [-0.1, -0.05) is 6.07 Å². The van der Waals surface area contributed by atoms with Gasteiger partial charge in [0.15, 0.2) is 0 Å². The first kappa shape index (κ1) is 17.6. The third-order valence-electron chi connectivity index (χ3n) is 4.29. The second-order valence-corrected chi connectivity index (χ2v) is 5.63. The lowest BCUT2D eigenvalue weighted by atomic mass is 9.95. The molecule has 0 amide bonds. The maximum atomic E-state index is 13.3. The van der Waals surface area contributed by atoms with Crippen LogP contribution in [0.15, 0.2) is 48.5 Å². The molecule has 0 bridgehead atoms. The molecule has 0 unspecified atom stereocenters. The lowest BCUT2D eigenvalue weighted by Gasteiger charge is -2.14. The van der Waals surface area contributed by atoms with E-state index in [1.165, 1.54) is 7.11 Å². The zero-order valence-corrected chi connectivity index (χ0v) is 15.2. The van der Waals surface area contributed by atoms with Crippen LogP contribution in [0, 0.1) is 0 Å². The highest BCUT2D eigenvalue weighted by atomic mass is 16.5. The maximum absolute atomic E-state index is 13.3. The van der Waals surface area contributed by atoms with Crippen molar-refractivity contribution in [3.05, 3.63) is 59.7 Å². The molecule has 5 nitrogen and oxygen atoms in total. The Morgan fingerprint density at radius 1 is 0.692 bits per heavy atom. The molecule has 0 spiro atoms. The fraction of sp³-hybridized carbons (Fsp3) is 0.190. The summed E-state index contributed by atoms with van der Waals surface area (Å²) in [5.74, 6) is 2.11. The van der Waals surface area contributed by atoms with Gasteiger partial charge in [-0.2, -0.15) is 0 Å². The van der Waals surface area contributed by atoms with Crippen LogP contribution in [-0.2, 0) is 0 Å². The monoisotopic (exact) mass is 352 g/mol. The van der Waals surface area contributed by atoms with E-state index in [2.05, 4.69) is 0 Å². The van der Waals surface area contributed by atoms with Gasteiger partial charge in [0.25, 0.3) is 0 Å². The number of rotatable bonds is 6. The number of hydrogen-bond acceptors (Lipinski definition) is 5. The molecule has 0 saturated carbocycles. The number of benzene rings is 3. The molecule has 0 heterocycles. The summed E-state index contributed by atoms with van der Waals surface area (Å²) in [4.78, 5) is 13.3. The van der Waals surface area contributed by atoms with Gasteiger partial charge in [-0.15, -0.1) is 0 Å². The van der Waals surface area contributed by atoms with E-state index in [1.807, 2.05) is 24.3 Å². The summed E-state index contributed by atoms with van der Waals surface area (Å²) in [5.41, 5.74) is 0.922. The van der Waals surface area contributed by atoms with Crippen LogP contribution in [0.3, 0.4) is 0 Å². The van der Waals surface area contributed by atoms with Crippen LogP contribution in [-0.4, -0.2) is 34.2 Å². The van der Waals surface area contributed by atoms with Crippen LogP contribution in [0.1, 0.15) is 15.9 Å². The van der Waals surface area contributed by atoms with Gasteiger partial charge in [0, 0.05) is 6.07 Å². The number of ketones is 1. The van der Waals surface area contributed by atoms with E-state index >= 15 is 0 Å². The predicted molar refractivity (Wildman–Crippen MR) is 100 cm³/mol. The molecule has 0 fully saturated rings. The Bertz CT molecular complexity index is 962. The summed E-state index contributed by atoms with van der Waals surface area (Å²) in [6, 6.07) is 14.4. The van der Waals surface area contributed by atoms with Crippen molar-refractivity contribution in [2.75, 3.05) is 28.4 Å². The van der Waals surface area contributed by atoms with E-state index in [0.29, 0.717) is 28.4 Å². The largest absolute Gasteiger partial charge is 0.497 e. The Hall–Kier alpha value is -3.21. The molecule has 134 valence electrons. The highest BCUT2D eigenvalue weighted by molar-refractivity contribution is 6.19. The fourth-order valence-electron chi connectivity index (χ4n) is 2.94. The first-order chi connectivity index (χ1) is 12.6. The van der Waals surface area contributed by atoms with Crippen molar-refractivity contribution in [3.8, 4) is 23.0 Å². The van der Waals surface area contributed by atoms with Crippen molar-refractivity contribution in [2.24, 2.45) is 0 Å². The van der Waals surface area contributed by atoms with Crippen LogP contribution in [0.25, 0.3) is 10.8 Å². The predicted octanol–water partition coefficient (Wildman–Crippen LogP) is 4.11. The Labute approximate surface area is 152 Å². The van der Waals surface area contributed by atoms with E-state index in [9.17, 15) is 4.79 Å². The van der Waals surface area contributed by atoms with Gasteiger partial charge in [0.2, 0.25) is 5.78 Å². The molecule has 0 saturated heterocycles. The molecule has 3 aromatic rings. The average molecular weight is 352 g/mol. The van der Waals surface area contributed by atoms with Crippen LogP contribution >= 0.6 is 0 Å². The van der Waals surface area contributed by atoms with E-state index < -0.39 is 0 Å². The smallest absolute Gasteiger partial charge is 0.201 e. The van der Waals surface area contributed by atoms with Gasteiger partial charge in [0.05, 0.1) is 39.6 Å². The summed E-state index contributed by atoms with van der Waals surface area (Å²) in [6.07, 6.45) is 0. The number of fused-ring (bicyclic) bond motifs is 1. The van der Waals surface area contributed by atoms with Crippen LogP contribution in [0.5, 0.6) is 23.0 Å². The van der Waals surface area contributed by atoms with Gasteiger partial charge < -0.3 is 18.9 Å². The molecule has 0 N–H and O–H groups in total. The first-order valence-electron chi connectivity index (χ1n) is 8.04. The molecule has 0 aliphatic heterocycles. The van der Waals surface area contributed by atoms with E-state index in [4.69, 9.17) is 18.9 Å². The van der Waals surface area contributed by atoms with Crippen molar-refractivity contribution in [1.29, 1.82) is 0 Å². The SMILES string of the molecule is COc1ccc(C(=O)c2c(OC)ccc3cc(OC)ccc23)c(OC)c1. The maximum Gasteiger partial charge on any atom is 0.201 e. The van der Waals surface area contributed by atoms with Crippen LogP contribution in [0.4, 0.5) is 0 Å². The second-order valence-electron chi connectivity index (χ2n) is 5.63. The summed E-state index contributed by atoms with van der Waals surface area (Å²) < 4.78 is 21.3. The van der Waals surface area contributed by atoms with Crippen molar-refractivity contribution >= 4 is 16.6 Å².